The fourth-order valence-corrected chi connectivity index (χ4v) is 3.02. The van der Waals surface area contributed by atoms with Crippen molar-refractivity contribution < 1.29 is 9.47 Å². The lowest BCUT2D eigenvalue weighted by Crippen LogP contribution is -2.43. The van der Waals surface area contributed by atoms with Crippen LogP contribution in [0.3, 0.4) is 0 Å². The van der Waals surface area contributed by atoms with E-state index >= 15 is 0 Å². The summed E-state index contributed by atoms with van der Waals surface area (Å²) < 4.78 is 10.6. The zero-order valence-electron chi connectivity index (χ0n) is 12.4. The summed E-state index contributed by atoms with van der Waals surface area (Å²) >= 11 is 6.44. The summed E-state index contributed by atoms with van der Waals surface area (Å²) in [7, 11) is 5.26. The van der Waals surface area contributed by atoms with Crippen molar-refractivity contribution in [3.05, 3.63) is 22.7 Å². The number of methoxy groups -OCH3 is 2. The highest BCUT2D eigenvalue weighted by Gasteiger charge is 2.20. The summed E-state index contributed by atoms with van der Waals surface area (Å²) in [5, 5.41) is 4.01. The highest BCUT2D eigenvalue weighted by Crippen LogP contribution is 2.37. The van der Waals surface area contributed by atoms with Crippen LogP contribution in [0.1, 0.15) is 18.4 Å². The van der Waals surface area contributed by atoms with Crippen molar-refractivity contribution in [1.29, 1.82) is 0 Å². The molecule has 1 saturated heterocycles. The molecule has 4 nitrogen and oxygen atoms in total. The predicted molar refractivity (Wildman–Crippen MR) is 81.9 cm³/mol. The van der Waals surface area contributed by atoms with Gasteiger partial charge in [-0.05, 0) is 38.1 Å². The number of hydrogen-bond acceptors (Lipinski definition) is 4. The standard InChI is InChI=1S/C15H23ClN2O2/c1-17-12-5-4-8-18(10-12)9-11-6-7-13(19-2)15(20-3)14(11)16/h6-7,12,17H,4-5,8-10H2,1-3H3. The molecule has 5 heteroatoms. The highest BCUT2D eigenvalue weighted by molar-refractivity contribution is 6.33. The number of likely N-dealkylation sites (N-methyl/N-ethyl adjacent to an activating group) is 1. The Morgan fingerprint density at radius 2 is 2.15 bits per heavy atom. The van der Waals surface area contributed by atoms with Crippen molar-refractivity contribution in [3.8, 4) is 11.5 Å². The van der Waals surface area contributed by atoms with Gasteiger partial charge in [0.2, 0.25) is 0 Å². The van der Waals surface area contributed by atoms with Crippen LogP contribution < -0.4 is 14.8 Å². The van der Waals surface area contributed by atoms with Gasteiger partial charge < -0.3 is 14.8 Å². The van der Waals surface area contributed by atoms with E-state index in [0.717, 1.165) is 25.2 Å². The molecule has 112 valence electrons. The maximum atomic E-state index is 6.44. The van der Waals surface area contributed by atoms with Crippen LogP contribution in [0.4, 0.5) is 0 Å². The summed E-state index contributed by atoms with van der Waals surface area (Å²) in [6.07, 6.45) is 2.46. The number of nitrogens with one attached hydrogen (secondary N) is 1. The number of benzene rings is 1. The minimum Gasteiger partial charge on any atom is -0.493 e. The van der Waals surface area contributed by atoms with E-state index < -0.39 is 0 Å². The summed E-state index contributed by atoms with van der Waals surface area (Å²) in [4.78, 5) is 2.43. The summed E-state index contributed by atoms with van der Waals surface area (Å²) in [5.74, 6) is 1.29. The molecule has 0 radical (unpaired) electrons. The van der Waals surface area contributed by atoms with E-state index in [1.807, 2.05) is 19.2 Å². The number of piperidine rings is 1. The predicted octanol–water partition coefficient (Wildman–Crippen LogP) is 2.54. The van der Waals surface area contributed by atoms with Gasteiger partial charge in [0.05, 0.1) is 19.2 Å². The van der Waals surface area contributed by atoms with E-state index in [4.69, 9.17) is 21.1 Å². The molecule has 2 rings (SSSR count). The number of halogens is 1. The molecule has 1 atom stereocenters. The van der Waals surface area contributed by atoms with Gasteiger partial charge in [-0.15, -0.1) is 0 Å². The van der Waals surface area contributed by atoms with Crippen LogP contribution >= 0.6 is 11.6 Å². The number of nitrogens with zero attached hydrogens (tertiary/aromatic N) is 1. The Morgan fingerprint density at radius 1 is 1.35 bits per heavy atom. The quantitative estimate of drug-likeness (QED) is 0.906. The molecule has 1 fully saturated rings. The van der Waals surface area contributed by atoms with Gasteiger partial charge in [-0.3, -0.25) is 4.90 Å². The summed E-state index contributed by atoms with van der Waals surface area (Å²) in [6, 6.07) is 4.51. The van der Waals surface area contributed by atoms with Crippen molar-refractivity contribution in [3.63, 3.8) is 0 Å². The van der Waals surface area contributed by atoms with Crippen molar-refractivity contribution in [1.82, 2.24) is 10.2 Å². The Bertz CT molecular complexity index is 454. The van der Waals surface area contributed by atoms with Crippen LogP contribution in [-0.2, 0) is 6.54 Å². The smallest absolute Gasteiger partial charge is 0.179 e. The van der Waals surface area contributed by atoms with Gasteiger partial charge in [-0.2, -0.15) is 0 Å². The second kappa shape index (κ2) is 7.16. The van der Waals surface area contributed by atoms with E-state index in [9.17, 15) is 0 Å². The van der Waals surface area contributed by atoms with Crippen LogP contribution in [0.15, 0.2) is 12.1 Å². The number of likely N-dealkylation sites (tertiary alicyclic amines) is 1. The Balaban J connectivity index is 2.13. The van der Waals surface area contributed by atoms with Crippen molar-refractivity contribution in [2.24, 2.45) is 0 Å². The third kappa shape index (κ3) is 3.37. The maximum absolute atomic E-state index is 6.44. The molecule has 1 aliphatic heterocycles. The third-order valence-electron chi connectivity index (χ3n) is 3.87. The first-order valence-electron chi connectivity index (χ1n) is 6.98. The van der Waals surface area contributed by atoms with Gasteiger partial charge in [-0.25, -0.2) is 0 Å². The molecule has 0 aliphatic carbocycles. The van der Waals surface area contributed by atoms with Crippen LogP contribution in [0.25, 0.3) is 0 Å². The molecule has 0 bridgehead atoms. The molecule has 1 unspecified atom stereocenters. The Labute approximate surface area is 126 Å². The normalized spacial score (nSPS) is 19.9. The molecular weight excluding hydrogens is 276 g/mol. The van der Waals surface area contributed by atoms with Crippen molar-refractivity contribution >= 4 is 11.6 Å². The molecule has 0 aromatic heterocycles. The number of ether oxygens (including phenoxy) is 2. The number of hydrogen-bond donors (Lipinski definition) is 1. The fraction of sp³-hybridized carbons (Fsp3) is 0.600. The minimum absolute atomic E-state index is 0.572. The Hall–Kier alpha value is -0.970. The molecule has 1 aliphatic rings. The lowest BCUT2D eigenvalue weighted by atomic mass is 10.0. The zero-order valence-corrected chi connectivity index (χ0v) is 13.2. The fourth-order valence-electron chi connectivity index (χ4n) is 2.73. The SMILES string of the molecule is CNC1CCCN(Cc2ccc(OC)c(OC)c2Cl)C1. The van der Waals surface area contributed by atoms with E-state index in [1.54, 1.807) is 14.2 Å². The molecule has 0 amide bonds. The van der Waals surface area contributed by atoms with Crippen molar-refractivity contribution in [2.45, 2.75) is 25.4 Å². The first-order valence-corrected chi connectivity index (χ1v) is 7.36. The van der Waals surface area contributed by atoms with Gasteiger partial charge in [0.15, 0.2) is 11.5 Å². The molecule has 1 N–H and O–H groups in total. The van der Waals surface area contributed by atoms with Crippen LogP contribution in [0.5, 0.6) is 11.5 Å². The third-order valence-corrected chi connectivity index (χ3v) is 4.29. The largest absolute Gasteiger partial charge is 0.493 e. The lowest BCUT2D eigenvalue weighted by Gasteiger charge is -2.32. The molecule has 20 heavy (non-hydrogen) atoms. The second-order valence-corrected chi connectivity index (χ2v) is 5.52. The minimum atomic E-state index is 0.572. The first kappa shape index (κ1) is 15.4. The van der Waals surface area contributed by atoms with Crippen molar-refractivity contribution in [2.75, 3.05) is 34.4 Å². The van der Waals surface area contributed by atoms with E-state index in [1.165, 1.54) is 12.8 Å². The molecule has 1 aromatic rings. The molecule has 1 heterocycles. The van der Waals surface area contributed by atoms with Crippen LogP contribution in [0.2, 0.25) is 5.02 Å². The Kier molecular flexibility index (Phi) is 5.52. The second-order valence-electron chi connectivity index (χ2n) is 5.14. The van der Waals surface area contributed by atoms with Gasteiger partial charge in [0.1, 0.15) is 0 Å². The van der Waals surface area contributed by atoms with E-state index in [2.05, 4.69) is 10.2 Å². The van der Waals surface area contributed by atoms with Crippen LogP contribution in [0, 0.1) is 0 Å². The maximum Gasteiger partial charge on any atom is 0.179 e. The molecular formula is C15H23ClN2O2. The van der Waals surface area contributed by atoms with Gasteiger partial charge in [0.25, 0.3) is 0 Å². The topological polar surface area (TPSA) is 33.7 Å². The lowest BCUT2D eigenvalue weighted by molar-refractivity contribution is 0.188. The van der Waals surface area contributed by atoms with Gasteiger partial charge >= 0.3 is 0 Å². The zero-order chi connectivity index (χ0) is 14.5. The van der Waals surface area contributed by atoms with Gasteiger partial charge in [-0.1, -0.05) is 17.7 Å². The van der Waals surface area contributed by atoms with Crippen LogP contribution in [-0.4, -0.2) is 45.3 Å². The molecule has 0 saturated carbocycles. The average molecular weight is 299 g/mol. The molecule has 0 spiro atoms. The monoisotopic (exact) mass is 298 g/mol. The van der Waals surface area contributed by atoms with Gasteiger partial charge in [0, 0.05) is 19.1 Å². The number of rotatable bonds is 5. The highest BCUT2D eigenvalue weighted by atomic mass is 35.5. The first-order chi connectivity index (χ1) is 9.69. The van der Waals surface area contributed by atoms with E-state index in [-0.39, 0.29) is 0 Å². The summed E-state index contributed by atoms with van der Waals surface area (Å²) in [6.45, 7) is 3.02. The van der Waals surface area contributed by atoms with E-state index in [0.29, 0.717) is 22.6 Å². The molecule has 1 aromatic carbocycles. The average Bonchev–Trinajstić information content (AvgIpc) is 2.49. The Morgan fingerprint density at radius 3 is 2.80 bits per heavy atom. The summed E-state index contributed by atoms with van der Waals surface area (Å²) in [5.41, 5.74) is 1.08.